The van der Waals surface area contributed by atoms with Gasteiger partial charge in [-0.25, -0.2) is 4.21 Å². The van der Waals surface area contributed by atoms with Crippen LogP contribution in [0.2, 0.25) is 0 Å². The van der Waals surface area contributed by atoms with E-state index in [0.717, 1.165) is 0 Å². The Hall–Kier alpha value is 2.13. The summed E-state index contributed by atoms with van der Waals surface area (Å²) in [6.07, 6.45) is 0. The molecule has 0 amide bonds. The van der Waals surface area contributed by atoms with Gasteiger partial charge in [0, 0.05) is 36.5 Å². The van der Waals surface area contributed by atoms with Gasteiger partial charge in [-0.05, 0) is 0 Å². The van der Waals surface area contributed by atoms with Crippen LogP contribution < -0.4 is 0 Å². The van der Waals surface area contributed by atoms with Crippen molar-refractivity contribution in [2.24, 2.45) is 0 Å². The molecular weight excluding hydrogens is 416 g/mol. The second-order valence-corrected chi connectivity index (χ2v) is 0.651. The second-order valence-electron chi connectivity index (χ2n) is 0.217. The van der Waals surface area contributed by atoms with Crippen molar-refractivity contribution in [3.63, 3.8) is 0 Å². The zero-order valence-electron chi connectivity index (χ0n) is 3.39. The summed E-state index contributed by atoms with van der Waals surface area (Å²) in [6, 6.07) is 0. The van der Waals surface area contributed by atoms with Crippen LogP contribution in [0.15, 0.2) is 0 Å². The van der Waals surface area contributed by atoms with Gasteiger partial charge >= 0.3 is 27.3 Å². The van der Waals surface area contributed by atoms with Gasteiger partial charge < -0.3 is 9.11 Å². The molecule has 0 saturated carbocycles. The summed E-state index contributed by atoms with van der Waals surface area (Å²) in [6.45, 7) is 0. The van der Waals surface area contributed by atoms with E-state index < -0.39 is 11.4 Å². The minimum absolute atomic E-state index is 0. The molecule has 0 fully saturated rings. The van der Waals surface area contributed by atoms with E-state index in [4.69, 9.17) is 13.3 Å². The summed E-state index contributed by atoms with van der Waals surface area (Å²) in [4.78, 5) is 0. The Balaban J connectivity index is -0.0000000150. The Kier molecular flexibility index (Phi) is 51.4. The predicted molar refractivity (Wildman–Crippen MR) is 20.1 cm³/mol. The smallest absolute Gasteiger partial charge is 0 e. The molecule has 0 aliphatic heterocycles. The van der Waals surface area contributed by atoms with Crippen LogP contribution in [0.3, 0.4) is 0 Å². The van der Waals surface area contributed by atoms with E-state index in [1.54, 1.807) is 0 Å². The van der Waals surface area contributed by atoms with E-state index >= 15 is 0 Å². The molecule has 7 heteroatoms. The predicted octanol–water partition coefficient (Wildman–Crippen LogP) is -1.58. The molecule has 0 saturated heterocycles. The summed E-state index contributed by atoms with van der Waals surface area (Å²) in [5.41, 5.74) is 0. The molecular formula is H3CuO3PbSZn-. The average molecular weight is 419 g/mol. The van der Waals surface area contributed by atoms with E-state index in [-0.39, 0.29) is 63.8 Å². The molecule has 0 aliphatic carbocycles. The monoisotopic (exact) mass is 418 g/mol. The summed E-state index contributed by atoms with van der Waals surface area (Å²) < 4.78 is 24.1. The van der Waals surface area contributed by atoms with E-state index in [9.17, 15) is 0 Å². The molecule has 0 aromatic rings. The zero-order chi connectivity index (χ0) is 3.58. The van der Waals surface area contributed by atoms with Gasteiger partial charge in [0.15, 0.2) is 0 Å². The topological polar surface area (TPSA) is 60.4 Å². The maximum Gasteiger partial charge on any atom is 0 e. The molecule has 1 N–H and O–H groups in total. The fourth-order valence-corrected chi connectivity index (χ4v) is 0. The molecule has 0 aromatic heterocycles. The molecule has 0 aromatic carbocycles. The SMILES string of the molecule is O=S([O-])O.[Cu].[PbH2].[Zn]. The standard InChI is InChI=1S/Cu.H2O3S.Pb.Zn.2H/c;1-4(2)3;;;;/h;(H2,1,2,3);;;;/p-1. The first-order chi connectivity index (χ1) is 1.73. The van der Waals surface area contributed by atoms with Crippen molar-refractivity contribution in [2.75, 3.05) is 0 Å². The molecule has 7 heavy (non-hydrogen) atoms. The van der Waals surface area contributed by atoms with Crippen LogP contribution in [0, 0.1) is 0 Å². The molecule has 0 rings (SSSR count). The van der Waals surface area contributed by atoms with E-state index in [1.165, 1.54) is 0 Å². The van der Waals surface area contributed by atoms with Crippen LogP contribution >= 0.6 is 0 Å². The Morgan fingerprint density at radius 3 is 1.57 bits per heavy atom. The third kappa shape index (κ3) is 67.2. The first-order valence-corrected chi connectivity index (χ1v) is 1.55. The molecule has 3 nitrogen and oxygen atoms in total. The van der Waals surface area contributed by atoms with Crippen molar-refractivity contribution in [3.8, 4) is 0 Å². The van der Waals surface area contributed by atoms with Gasteiger partial charge in [-0.1, -0.05) is 0 Å². The third-order valence-electron chi connectivity index (χ3n) is 0. The number of rotatable bonds is 0. The minimum atomic E-state index is -2.86. The molecule has 0 spiro atoms. The maximum atomic E-state index is 8.56. The largest absolute Gasteiger partial charge is 0 e. The normalized spacial score (nSPS) is 8.86. The van der Waals surface area contributed by atoms with Gasteiger partial charge in [-0.2, -0.15) is 0 Å². The Bertz CT molecular complexity index is 37.9. The fraction of sp³-hybridized carbons (Fsp3) is 0. The molecule has 0 bridgehead atoms. The average Bonchev–Trinajstić information content (AvgIpc) is 0.811. The van der Waals surface area contributed by atoms with Gasteiger partial charge in [0.2, 0.25) is 0 Å². The van der Waals surface area contributed by atoms with Crippen LogP contribution in [0.5, 0.6) is 0 Å². The van der Waals surface area contributed by atoms with Gasteiger partial charge in [0.25, 0.3) is 0 Å². The van der Waals surface area contributed by atoms with Crippen LogP contribution in [-0.2, 0) is 47.9 Å². The Labute approximate surface area is 87.5 Å². The van der Waals surface area contributed by atoms with Crippen LogP contribution in [0.1, 0.15) is 0 Å². The second kappa shape index (κ2) is 15.7. The van der Waals surface area contributed by atoms with Crippen molar-refractivity contribution in [1.82, 2.24) is 0 Å². The number of hydrogen-bond acceptors (Lipinski definition) is 2. The first kappa shape index (κ1) is 22.9. The minimum Gasteiger partial charge on any atom is 0 e. The summed E-state index contributed by atoms with van der Waals surface area (Å²) in [5, 5.41) is 0. The molecule has 3 radical (unpaired) electrons. The summed E-state index contributed by atoms with van der Waals surface area (Å²) in [5.74, 6) is 0. The van der Waals surface area contributed by atoms with Crippen LogP contribution in [0.25, 0.3) is 0 Å². The van der Waals surface area contributed by atoms with Crippen LogP contribution in [0.4, 0.5) is 0 Å². The van der Waals surface area contributed by atoms with E-state index in [1.807, 2.05) is 0 Å². The third-order valence-corrected chi connectivity index (χ3v) is 0. The van der Waals surface area contributed by atoms with Crippen molar-refractivity contribution in [3.05, 3.63) is 0 Å². The molecule has 45 valence electrons. The maximum absolute atomic E-state index is 8.56. The summed E-state index contributed by atoms with van der Waals surface area (Å²) in [7, 11) is 0. The van der Waals surface area contributed by atoms with E-state index in [2.05, 4.69) is 0 Å². The van der Waals surface area contributed by atoms with Gasteiger partial charge in [-0.3, -0.25) is 0 Å². The van der Waals surface area contributed by atoms with Gasteiger partial charge in [0.05, 0.1) is 11.4 Å². The molecule has 0 heterocycles. The van der Waals surface area contributed by atoms with Crippen molar-refractivity contribution >= 4 is 38.7 Å². The van der Waals surface area contributed by atoms with Crippen molar-refractivity contribution < 1.29 is 49.9 Å². The van der Waals surface area contributed by atoms with Gasteiger partial charge in [0.1, 0.15) is 0 Å². The Morgan fingerprint density at radius 2 is 1.57 bits per heavy atom. The molecule has 0 aliphatic rings. The van der Waals surface area contributed by atoms with Gasteiger partial charge in [-0.15, -0.1) is 0 Å². The quantitative estimate of drug-likeness (QED) is 0.381. The molecule has 1 unspecified atom stereocenters. The van der Waals surface area contributed by atoms with Crippen molar-refractivity contribution in [1.29, 1.82) is 0 Å². The fourth-order valence-electron chi connectivity index (χ4n) is 0. The zero-order valence-corrected chi connectivity index (χ0v) is 13.6. The first-order valence-electron chi connectivity index (χ1n) is 0.516. The van der Waals surface area contributed by atoms with E-state index in [0.29, 0.717) is 0 Å². The van der Waals surface area contributed by atoms with Crippen molar-refractivity contribution in [2.45, 2.75) is 0 Å². The van der Waals surface area contributed by atoms with Crippen LogP contribution in [-0.4, -0.2) is 40.6 Å². The Morgan fingerprint density at radius 1 is 1.57 bits per heavy atom. The molecule has 1 atom stereocenters. The number of hydrogen-bond donors (Lipinski definition) is 1. The summed E-state index contributed by atoms with van der Waals surface area (Å²) >= 11 is -2.86.